The van der Waals surface area contributed by atoms with Gasteiger partial charge in [0.2, 0.25) is 0 Å². The normalized spacial score (nSPS) is 12.5. The first-order chi connectivity index (χ1) is 30.7. The molecule has 0 aliphatic heterocycles. The maximum Gasteiger partial charge on any atom is 0.164 e. The predicted molar refractivity (Wildman–Crippen MR) is 260 cm³/mol. The van der Waals surface area contributed by atoms with Gasteiger partial charge in [-0.3, -0.25) is 0 Å². The van der Waals surface area contributed by atoms with Crippen LogP contribution in [0.3, 0.4) is 0 Å². The second-order valence-electron chi connectivity index (χ2n) is 16.2. The molecule has 3 nitrogen and oxygen atoms in total. The number of aryl methyl sites for hydroxylation is 1. The Kier molecular flexibility index (Phi) is 8.64. The second kappa shape index (κ2) is 14.9. The summed E-state index contributed by atoms with van der Waals surface area (Å²) in [5.41, 5.74) is 13.0. The van der Waals surface area contributed by atoms with Gasteiger partial charge in [0.1, 0.15) is 0 Å². The van der Waals surface area contributed by atoms with Crippen molar-refractivity contribution in [2.45, 2.75) is 12.8 Å². The third-order valence-electron chi connectivity index (χ3n) is 12.6. The minimum Gasteiger partial charge on any atom is -0.208 e. The number of allylic oxidation sites excluding steroid dienone is 1. The summed E-state index contributed by atoms with van der Waals surface area (Å²) in [7, 11) is 0. The quantitative estimate of drug-likeness (QED) is 0.158. The molecule has 0 N–H and O–H groups in total. The fourth-order valence-corrected chi connectivity index (χ4v) is 9.76. The molecule has 1 heterocycles. The standard InChI is InChI=1S/C59H39N3/c1-3-16-38(17-4-1)42-20-15-21-44(36-42)59-61-57(40-18-5-2-6-19-40)60-58(62-59)41-32-30-39(31-33-41)55-52-28-13-11-25-48(52)49-26-12-14-29-53(49)56(55)43-34-35-51-47-24-8-7-22-45(47)46-23-9-10-27-50(46)54(51)37-43/h1-33,36-37H,34-35H2. The lowest BCUT2D eigenvalue weighted by Gasteiger charge is -2.25. The summed E-state index contributed by atoms with van der Waals surface area (Å²) in [4.78, 5) is 15.3. The number of nitrogens with zero attached hydrogens (tertiary/aromatic N) is 3. The lowest BCUT2D eigenvalue weighted by atomic mass is 9.78. The average molecular weight is 790 g/mol. The third-order valence-corrected chi connectivity index (χ3v) is 12.6. The van der Waals surface area contributed by atoms with Crippen LogP contribution in [-0.4, -0.2) is 15.0 Å². The fourth-order valence-electron chi connectivity index (χ4n) is 9.76. The van der Waals surface area contributed by atoms with E-state index in [2.05, 4.69) is 188 Å². The van der Waals surface area contributed by atoms with Crippen LogP contribution in [0.5, 0.6) is 0 Å². The fraction of sp³-hybridized carbons (Fsp3) is 0.0339. The number of benzene rings is 10. The first-order valence-electron chi connectivity index (χ1n) is 21.4. The van der Waals surface area contributed by atoms with Gasteiger partial charge in [-0.05, 0) is 107 Å². The van der Waals surface area contributed by atoms with Crippen molar-refractivity contribution in [2.24, 2.45) is 0 Å². The van der Waals surface area contributed by atoms with E-state index in [0.29, 0.717) is 17.5 Å². The van der Waals surface area contributed by atoms with Gasteiger partial charge in [-0.2, -0.15) is 0 Å². The van der Waals surface area contributed by atoms with E-state index in [1.54, 1.807) is 0 Å². The van der Waals surface area contributed by atoms with Crippen LogP contribution in [0, 0.1) is 0 Å². The van der Waals surface area contributed by atoms with Gasteiger partial charge in [0.25, 0.3) is 0 Å². The molecule has 1 aromatic heterocycles. The monoisotopic (exact) mass is 789 g/mol. The summed E-state index contributed by atoms with van der Waals surface area (Å²) in [5.74, 6) is 1.93. The van der Waals surface area contributed by atoms with Crippen molar-refractivity contribution in [1.29, 1.82) is 0 Å². The van der Waals surface area contributed by atoms with Gasteiger partial charge in [0.05, 0.1) is 0 Å². The zero-order chi connectivity index (χ0) is 41.0. The zero-order valence-electron chi connectivity index (χ0n) is 34.0. The van der Waals surface area contributed by atoms with E-state index in [-0.39, 0.29) is 0 Å². The van der Waals surface area contributed by atoms with Gasteiger partial charge in [-0.1, -0.05) is 206 Å². The lowest BCUT2D eigenvalue weighted by molar-refractivity contribution is 1.02. The van der Waals surface area contributed by atoms with Crippen molar-refractivity contribution >= 4 is 54.7 Å². The first kappa shape index (κ1) is 35.9. The Morgan fingerprint density at radius 2 is 0.694 bits per heavy atom. The highest BCUT2D eigenvalue weighted by Gasteiger charge is 2.24. The molecule has 1 aliphatic rings. The smallest absolute Gasteiger partial charge is 0.164 e. The third kappa shape index (κ3) is 6.09. The molecule has 0 radical (unpaired) electrons. The molecular weight excluding hydrogens is 751 g/mol. The van der Waals surface area contributed by atoms with Gasteiger partial charge in [-0.25, -0.2) is 15.0 Å². The minimum atomic E-state index is 0.639. The largest absolute Gasteiger partial charge is 0.208 e. The average Bonchev–Trinajstić information content (AvgIpc) is 3.36. The van der Waals surface area contributed by atoms with E-state index < -0.39 is 0 Å². The zero-order valence-corrected chi connectivity index (χ0v) is 34.0. The number of hydrogen-bond donors (Lipinski definition) is 0. The summed E-state index contributed by atoms with van der Waals surface area (Å²) >= 11 is 0. The Balaban J connectivity index is 1.04. The van der Waals surface area contributed by atoms with Crippen LogP contribution in [0.15, 0.2) is 206 Å². The van der Waals surface area contributed by atoms with Crippen LogP contribution in [0.1, 0.15) is 23.1 Å². The number of fused-ring (bicyclic) bond motifs is 9. The van der Waals surface area contributed by atoms with Crippen molar-refractivity contribution in [2.75, 3.05) is 0 Å². The van der Waals surface area contributed by atoms with Crippen LogP contribution in [0.2, 0.25) is 0 Å². The van der Waals surface area contributed by atoms with E-state index in [9.17, 15) is 0 Å². The Labute approximate surface area is 360 Å². The molecule has 0 fully saturated rings. The van der Waals surface area contributed by atoms with E-state index in [1.807, 2.05) is 24.3 Å². The molecule has 62 heavy (non-hydrogen) atoms. The SMILES string of the molecule is C1=C(c2c(-c3ccc(-c4nc(-c5ccccc5)nc(-c5cccc(-c6ccccc6)c5)n4)cc3)c3ccccc3c3ccccc23)CCc2c1c1ccccc1c1ccccc21. The van der Waals surface area contributed by atoms with Gasteiger partial charge in [0, 0.05) is 16.7 Å². The van der Waals surface area contributed by atoms with Crippen molar-refractivity contribution in [3.8, 4) is 56.4 Å². The highest BCUT2D eigenvalue weighted by atomic mass is 15.0. The number of aromatic nitrogens is 3. The Bertz CT molecular complexity index is 3550. The van der Waals surface area contributed by atoms with Gasteiger partial charge in [0.15, 0.2) is 17.5 Å². The van der Waals surface area contributed by atoms with E-state index in [1.165, 1.54) is 70.9 Å². The molecule has 11 aromatic rings. The Hall–Kier alpha value is -8.01. The maximum atomic E-state index is 5.15. The lowest BCUT2D eigenvalue weighted by Crippen LogP contribution is -2.04. The number of rotatable bonds is 6. The Morgan fingerprint density at radius 1 is 0.274 bits per heavy atom. The van der Waals surface area contributed by atoms with Crippen LogP contribution in [-0.2, 0) is 6.42 Å². The van der Waals surface area contributed by atoms with Gasteiger partial charge in [-0.15, -0.1) is 0 Å². The summed E-state index contributed by atoms with van der Waals surface area (Å²) in [5, 5.41) is 10.4. The molecule has 1 aliphatic carbocycles. The molecule has 0 saturated carbocycles. The van der Waals surface area contributed by atoms with Crippen molar-refractivity contribution in [3.05, 3.63) is 223 Å². The van der Waals surface area contributed by atoms with Crippen molar-refractivity contribution in [3.63, 3.8) is 0 Å². The van der Waals surface area contributed by atoms with Crippen molar-refractivity contribution in [1.82, 2.24) is 15.0 Å². The molecule has 0 atom stereocenters. The summed E-state index contributed by atoms with van der Waals surface area (Å²) in [6.07, 6.45) is 4.43. The second-order valence-corrected chi connectivity index (χ2v) is 16.2. The highest BCUT2D eigenvalue weighted by molar-refractivity contribution is 6.21. The summed E-state index contributed by atoms with van der Waals surface area (Å²) < 4.78 is 0. The molecule has 0 amide bonds. The molecule has 12 rings (SSSR count). The summed E-state index contributed by atoms with van der Waals surface area (Å²) in [6.45, 7) is 0. The molecular formula is C59H39N3. The van der Waals surface area contributed by atoms with Crippen LogP contribution in [0.25, 0.3) is 111 Å². The molecule has 0 unspecified atom stereocenters. The van der Waals surface area contributed by atoms with Crippen LogP contribution >= 0.6 is 0 Å². The molecule has 290 valence electrons. The van der Waals surface area contributed by atoms with Gasteiger partial charge < -0.3 is 0 Å². The molecule has 0 bridgehead atoms. The molecule has 0 saturated heterocycles. The van der Waals surface area contributed by atoms with E-state index in [0.717, 1.165) is 46.2 Å². The molecule has 0 spiro atoms. The maximum absolute atomic E-state index is 5.15. The highest BCUT2D eigenvalue weighted by Crippen LogP contribution is 2.47. The first-order valence-corrected chi connectivity index (χ1v) is 21.4. The van der Waals surface area contributed by atoms with Crippen LogP contribution < -0.4 is 0 Å². The molecule has 10 aromatic carbocycles. The predicted octanol–water partition coefficient (Wildman–Crippen LogP) is 15.3. The molecule has 3 heteroatoms. The van der Waals surface area contributed by atoms with Crippen LogP contribution in [0.4, 0.5) is 0 Å². The number of hydrogen-bond acceptors (Lipinski definition) is 3. The topological polar surface area (TPSA) is 38.7 Å². The van der Waals surface area contributed by atoms with Gasteiger partial charge >= 0.3 is 0 Å². The summed E-state index contributed by atoms with van der Waals surface area (Å²) in [6, 6.07) is 73.7. The van der Waals surface area contributed by atoms with Crippen molar-refractivity contribution < 1.29 is 0 Å². The van der Waals surface area contributed by atoms with E-state index >= 15 is 0 Å². The van der Waals surface area contributed by atoms with E-state index in [4.69, 9.17) is 15.0 Å². The Morgan fingerprint density at radius 3 is 1.32 bits per heavy atom. The minimum absolute atomic E-state index is 0.639.